The highest BCUT2D eigenvalue weighted by Gasteiger charge is 2.13. The predicted molar refractivity (Wildman–Crippen MR) is 66.8 cm³/mol. The van der Waals surface area contributed by atoms with E-state index >= 15 is 0 Å². The quantitative estimate of drug-likeness (QED) is 0.797. The van der Waals surface area contributed by atoms with Crippen molar-refractivity contribution in [1.82, 2.24) is 19.8 Å². The van der Waals surface area contributed by atoms with Gasteiger partial charge in [-0.25, -0.2) is 4.98 Å². The molecule has 1 aliphatic rings. The first-order valence-corrected chi connectivity index (χ1v) is 6.25. The van der Waals surface area contributed by atoms with E-state index < -0.39 is 0 Å². The molecule has 1 atom stereocenters. The third-order valence-electron chi connectivity index (χ3n) is 3.17. The topological polar surface area (TPSA) is 42.3 Å². The maximum atomic E-state index is 5.34. The summed E-state index contributed by atoms with van der Waals surface area (Å²) in [6, 6.07) is 0.477. The molecule has 0 amide bonds. The molecule has 0 radical (unpaired) electrons. The second kappa shape index (κ2) is 6.14. The first-order valence-electron chi connectivity index (χ1n) is 6.25. The number of aryl methyl sites for hydroxylation is 1. The van der Waals surface area contributed by atoms with Crippen LogP contribution in [0.15, 0.2) is 12.4 Å². The zero-order chi connectivity index (χ0) is 12.1. The van der Waals surface area contributed by atoms with Crippen LogP contribution in [-0.4, -0.2) is 53.3 Å². The Morgan fingerprint density at radius 2 is 2.24 bits per heavy atom. The van der Waals surface area contributed by atoms with E-state index in [0.29, 0.717) is 6.04 Å². The fourth-order valence-electron chi connectivity index (χ4n) is 2.07. The van der Waals surface area contributed by atoms with E-state index in [1.54, 1.807) is 0 Å². The minimum Gasteiger partial charge on any atom is -0.379 e. The standard InChI is InChI=1S/C12H22N4O/c1-11(10-16-5-7-17-8-6-16)14-9-12-13-3-4-15(12)2/h3-4,11,14H,5-10H2,1-2H3. The number of aromatic nitrogens is 2. The number of imidazole rings is 1. The van der Waals surface area contributed by atoms with E-state index in [2.05, 4.69) is 26.7 Å². The van der Waals surface area contributed by atoms with Gasteiger partial charge in [-0.15, -0.1) is 0 Å². The van der Waals surface area contributed by atoms with Crippen LogP contribution in [0.5, 0.6) is 0 Å². The smallest absolute Gasteiger partial charge is 0.122 e. The minimum atomic E-state index is 0.477. The molecule has 0 bridgehead atoms. The van der Waals surface area contributed by atoms with Crippen molar-refractivity contribution in [2.24, 2.45) is 7.05 Å². The van der Waals surface area contributed by atoms with Crippen LogP contribution in [-0.2, 0) is 18.3 Å². The number of hydrogen-bond acceptors (Lipinski definition) is 4. The number of morpholine rings is 1. The number of nitrogens with zero attached hydrogens (tertiary/aromatic N) is 3. The number of ether oxygens (including phenoxy) is 1. The normalized spacial score (nSPS) is 19.4. The first kappa shape index (κ1) is 12.5. The van der Waals surface area contributed by atoms with E-state index in [4.69, 9.17) is 4.74 Å². The summed E-state index contributed by atoms with van der Waals surface area (Å²) in [7, 11) is 2.02. The molecule has 1 saturated heterocycles. The summed E-state index contributed by atoms with van der Waals surface area (Å²) in [6.45, 7) is 7.96. The van der Waals surface area contributed by atoms with Crippen molar-refractivity contribution >= 4 is 0 Å². The van der Waals surface area contributed by atoms with Crippen molar-refractivity contribution in [3.8, 4) is 0 Å². The third kappa shape index (κ3) is 3.80. The van der Waals surface area contributed by atoms with Gasteiger partial charge in [0.2, 0.25) is 0 Å². The summed E-state index contributed by atoms with van der Waals surface area (Å²) in [5, 5.41) is 3.51. The monoisotopic (exact) mass is 238 g/mol. The Morgan fingerprint density at radius 1 is 1.47 bits per heavy atom. The summed E-state index contributed by atoms with van der Waals surface area (Å²) in [4.78, 5) is 6.75. The molecule has 0 aromatic carbocycles. The molecule has 1 aromatic heterocycles. The molecule has 96 valence electrons. The largest absolute Gasteiger partial charge is 0.379 e. The number of hydrogen-bond donors (Lipinski definition) is 1. The summed E-state index contributed by atoms with van der Waals surface area (Å²) in [5.41, 5.74) is 0. The first-order chi connectivity index (χ1) is 8.25. The predicted octanol–water partition coefficient (Wildman–Crippen LogP) is 0.230. The molecule has 1 unspecified atom stereocenters. The lowest BCUT2D eigenvalue weighted by Crippen LogP contribution is -2.44. The van der Waals surface area contributed by atoms with Crippen LogP contribution in [0.2, 0.25) is 0 Å². The zero-order valence-corrected chi connectivity index (χ0v) is 10.7. The minimum absolute atomic E-state index is 0.477. The van der Waals surface area contributed by atoms with Crippen molar-refractivity contribution in [3.05, 3.63) is 18.2 Å². The Kier molecular flexibility index (Phi) is 4.53. The molecular formula is C12H22N4O. The van der Waals surface area contributed by atoms with Gasteiger partial charge in [0.15, 0.2) is 0 Å². The van der Waals surface area contributed by atoms with Crippen molar-refractivity contribution in [2.75, 3.05) is 32.8 Å². The van der Waals surface area contributed by atoms with Gasteiger partial charge in [-0.05, 0) is 6.92 Å². The Labute approximate surface area is 103 Å². The maximum absolute atomic E-state index is 5.34. The van der Waals surface area contributed by atoms with Crippen LogP contribution < -0.4 is 5.32 Å². The van der Waals surface area contributed by atoms with E-state index in [1.165, 1.54) is 0 Å². The van der Waals surface area contributed by atoms with Crippen LogP contribution in [0.1, 0.15) is 12.7 Å². The van der Waals surface area contributed by atoms with Gasteiger partial charge in [-0.2, -0.15) is 0 Å². The van der Waals surface area contributed by atoms with Crippen LogP contribution in [0, 0.1) is 0 Å². The van der Waals surface area contributed by atoms with Gasteiger partial charge in [0.1, 0.15) is 5.82 Å². The fraction of sp³-hybridized carbons (Fsp3) is 0.750. The molecule has 2 rings (SSSR count). The van der Waals surface area contributed by atoms with Gasteiger partial charge >= 0.3 is 0 Å². The third-order valence-corrected chi connectivity index (χ3v) is 3.17. The van der Waals surface area contributed by atoms with Gasteiger partial charge in [0.25, 0.3) is 0 Å². The van der Waals surface area contributed by atoms with E-state index in [1.807, 2.05) is 19.4 Å². The highest BCUT2D eigenvalue weighted by Crippen LogP contribution is 2.00. The summed E-state index contributed by atoms with van der Waals surface area (Å²) >= 11 is 0. The molecule has 17 heavy (non-hydrogen) atoms. The molecule has 0 aliphatic carbocycles. The Balaban J connectivity index is 1.70. The van der Waals surface area contributed by atoms with Crippen molar-refractivity contribution in [1.29, 1.82) is 0 Å². The van der Waals surface area contributed by atoms with Crippen LogP contribution in [0.4, 0.5) is 0 Å². The van der Waals surface area contributed by atoms with E-state index in [-0.39, 0.29) is 0 Å². The molecule has 0 saturated carbocycles. The van der Waals surface area contributed by atoms with E-state index in [0.717, 1.165) is 45.2 Å². The second-order valence-corrected chi connectivity index (χ2v) is 4.65. The summed E-state index contributed by atoms with van der Waals surface area (Å²) in [5.74, 6) is 1.08. The molecule has 1 N–H and O–H groups in total. The van der Waals surface area contributed by atoms with Crippen LogP contribution in [0.3, 0.4) is 0 Å². The lowest BCUT2D eigenvalue weighted by Gasteiger charge is -2.29. The summed E-state index contributed by atoms with van der Waals surface area (Å²) < 4.78 is 7.39. The summed E-state index contributed by atoms with van der Waals surface area (Å²) in [6.07, 6.45) is 3.81. The molecule has 2 heterocycles. The second-order valence-electron chi connectivity index (χ2n) is 4.65. The van der Waals surface area contributed by atoms with Crippen LogP contribution >= 0.6 is 0 Å². The number of nitrogens with one attached hydrogen (secondary N) is 1. The molecular weight excluding hydrogens is 216 g/mol. The highest BCUT2D eigenvalue weighted by atomic mass is 16.5. The van der Waals surface area contributed by atoms with Gasteiger partial charge < -0.3 is 14.6 Å². The van der Waals surface area contributed by atoms with Gasteiger partial charge in [-0.1, -0.05) is 0 Å². The molecule has 1 aromatic rings. The maximum Gasteiger partial charge on any atom is 0.122 e. The highest BCUT2D eigenvalue weighted by molar-refractivity contribution is 4.90. The van der Waals surface area contributed by atoms with Crippen molar-refractivity contribution in [2.45, 2.75) is 19.5 Å². The number of rotatable bonds is 5. The van der Waals surface area contributed by atoms with E-state index in [9.17, 15) is 0 Å². The molecule has 0 spiro atoms. The van der Waals surface area contributed by atoms with Crippen molar-refractivity contribution < 1.29 is 4.74 Å². The SMILES string of the molecule is CC(CN1CCOCC1)NCc1nccn1C. The average molecular weight is 238 g/mol. The Morgan fingerprint density at radius 3 is 2.88 bits per heavy atom. The molecule has 5 heteroatoms. The molecule has 5 nitrogen and oxygen atoms in total. The zero-order valence-electron chi connectivity index (χ0n) is 10.7. The van der Waals surface area contributed by atoms with Gasteiger partial charge in [-0.3, -0.25) is 4.90 Å². The van der Waals surface area contributed by atoms with Crippen molar-refractivity contribution in [3.63, 3.8) is 0 Å². The van der Waals surface area contributed by atoms with Crippen LogP contribution in [0.25, 0.3) is 0 Å². The molecule has 1 fully saturated rings. The molecule has 1 aliphatic heterocycles. The Hall–Kier alpha value is -0.910. The van der Waals surface area contributed by atoms with Gasteiger partial charge in [0.05, 0.1) is 19.8 Å². The van der Waals surface area contributed by atoms with Gasteiger partial charge in [0, 0.05) is 45.1 Å². The lowest BCUT2D eigenvalue weighted by atomic mass is 10.3. The Bertz CT molecular complexity index is 333. The fourth-order valence-corrected chi connectivity index (χ4v) is 2.07. The average Bonchev–Trinajstić information content (AvgIpc) is 2.74. The lowest BCUT2D eigenvalue weighted by molar-refractivity contribution is 0.0343.